The number of carbonyl (C=O) groups is 2. The van der Waals surface area contributed by atoms with E-state index in [2.05, 4.69) is 5.32 Å². The molecule has 2 aromatic rings. The molecule has 186 valence electrons. The lowest BCUT2D eigenvalue weighted by Gasteiger charge is -2.33. The summed E-state index contributed by atoms with van der Waals surface area (Å²) in [4.78, 5) is 27.7. The normalized spacial score (nSPS) is 12.7. The molecule has 0 aliphatic carbocycles. The number of sulfonamides is 1. The van der Waals surface area contributed by atoms with E-state index >= 15 is 0 Å². The summed E-state index contributed by atoms with van der Waals surface area (Å²) in [6, 6.07) is 10.0. The summed E-state index contributed by atoms with van der Waals surface area (Å²) in [6.45, 7) is 6.41. The predicted octanol–water partition coefficient (Wildman–Crippen LogP) is 4.74. The van der Waals surface area contributed by atoms with E-state index in [0.29, 0.717) is 20.6 Å². The second-order valence-corrected chi connectivity index (χ2v) is 12.0. The van der Waals surface area contributed by atoms with Crippen LogP contribution in [0.4, 0.5) is 5.69 Å². The van der Waals surface area contributed by atoms with Crippen molar-refractivity contribution in [1.82, 2.24) is 10.2 Å². The Labute approximate surface area is 216 Å². The summed E-state index contributed by atoms with van der Waals surface area (Å²) in [5.74, 6) is -1.01. The highest BCUT2D eigenvalue weighted by Gasteiger charge is 2.32. The van der Waals surface area contributed by atoms with Crippen molar-refractivity contribution >= 4 is 62.3 Å². The predicted molar refractivity (Wildman–Crippen MR) is 138 cm³/mol. The Morgan fingerprint density at radius 1 is 1.00 bits per heavy atom. The molecular formula is C23H28Cl3N3O4S. The number of anilines is 1. The molecule has 0 heterocycles. The molecule has 11 heteroatoms. The number of hydrogen-bond acceptors (Lipinski definition) is 4. The van der Waals surface area contributed by atoms with E-state index in [-0.39, 0.29) is 12.2 Å². The number of benzene rings is 2. The monoisotopic (exact) mass is 547 g/mol. The molecule has 1 unspecified atom stereocenters. The lowest BCUT2D eigenvalue weighted by Crippen LogP contribution is -2.54. The number of nitrogens with one attached hydrogen (secondary N) is 1. The third-order valence-electron chi connectivity index (χ3n) is 4.85. The van der Waals surface area contributed by atoms with Crippen LogP contribution in [-0.2, 0) is 26.2 Å². The van der Waals surface area contributed by atoms with Crippen LogP contribution in [0.15, 0.2) is 42.5 Å². The van der Waals surface area contributed by atoms with Gasteiger partial charge in [0.2, 0.25) is 21.8 Å². The molecular weight excluding hydrogens is 521 g/mol. The number of rotatable bonds is 8. The first-order chi connectivity index (χ1) is 15.6. The van der Waals surface area contributed by atoms with Gasteiger partial charge in [-0.25, -0.2) is 8.42 Å². The van der Waals surface area contributed by atoms with Crippen LogP contribution in [-0.4, -0.2) is 49.5 Å². The van der Waals surface area contributed by atoms with E-state index in [1.807, 2.05) is 20.8 Å². The molecule has 0 saturated carbocycles. The highest BCUT2D eigenvalue weighted by Crippen LogP contribution is 2.27. The smallest absolute Gasteiger partial charge is 0.244 e. The molecule has 2 amide bonds. The molecule has 0 spiro atoms. The van der Waals surface area contributed by atoms with Crippen molar-refractivity contribution in [3.8, 4) is 0 Å². The van der Waals surface area contributed by atoms with E-state index in [1.54, 1.807) is 25.1 Å². The maximum atomic E-state index is 13.5. The summed E-state index contributed by atoms with van der Waals surface area (Å²) in [5, 5.41) is 3.92. The van der Waals surface area contributed by atoms with Gasteiger partial charge in [-0.15, -0.1) is 0 Å². The van der Waals surface area contributed by atoms with Crippen LogP contribution in [0.3, 0.4) is 0 Å². The molecule has 2 aromatic carbocycles. The van der Waals surface area contributed by atoms with Crippen molar-refractivity contribution in [3.63, 3.8) is 0 Å². The lowest BCUT2D eigenvalue weighted by atomic mass is 10.1. The van der Waals surface area contributed by atoms with Crippen molar-refractivity contribution in [1.29, 1.82) is 0 Å². The first-order valence-electron chi connectivity index (χ1n) is 10.4. The first-order valence-corrected chi connectivity index (χ1v) is 13.4. The Morgan fingerprint density at radius 3 is 2.00 bits per heavy atom. The average molecular weight is 549 g/mol. The van der Waals surface area contributed by atoms with Gasteiger partial charge in [0, 0.05) is 32.7 Å². The minimum Gasteiger partial charge on any atom is -0.350 e. The summed E-state index contributed by atoms with van der Waals surface area (Å²) in [7, 11) is -3.83. The molecule has 0 saturated heterocycles. The molecule has 0 aliphatic rings. The zero-order valence-electron chi connectivity index (χ0n) is 19.6. The second-order valence-electron chi connectivity index (χ2n) is 8.88. The van der Waals surface area contributed by atoms with Crippen LogP contribution in [0.1, 0.15) is 33.3 Å². The highest BCUT2D eigenvalue weighted by molar-refractivity contribution is 7.92. The largest absolute Gasteiger partial charge is 0.350 e. The summed E-state index contributed by atoms with van der Waals surface area (Å²) < 4.78 is 26.0. The van der Waals surface area contributed by atoms with Gasteiger partial charge in [-0.2, -0.15) is 0 Å². The summed E-state index contributed by atoms with van der Waals surface area (Å²) in [5.41, 5.74) is 0.180. The van der Waals surface area contributed by atoms with Gasteiger partial charge >= 0.3 is 0 Å². The van der Waals surface area contributed by atoms with Crippen molar-refractivity contribution in [2.24, 2.45) is 0 Å². The number of halogens is 3. The summed E-state index contributed by atoms with van der Waals surface area (Å²) >= 11 is 18.6. The number of nitrogens with zero attached hydrogens (tertiary/aromatic N) is 2. The van der Waals surface area contributed by atoms with Crippen molar-refractivity contribution in [2.75, 3.05) is 17.1 Å². The van der Waals surface area contributed by atoms with Gasteiger partial charge in [0.1, 0.15) is 12.6 Å². The zero-order chi connectivity index (χ0) is 25.8. The molecule has 34 heavy (non-hydrogen) atoms. The summed E-state index contributed by atoms with van der Waals surface area (Å²) in [6.07, 6.45) is 1.000. The minimum atomic E-state index is -3.83. The molecule has 0 bridgehead atoms. The van der Waals surface area contributed by atoms with Gasteiger partial charge < -0.3 is 10.2 Å². The molecule has 0 aliphatic heterocycles. The molecule has 0 fully saturated rings. The number of hydrogen-bond donors (Lipinski definition) is 1. The van der Waals surface area contributed by atoms with Crippen LogP contribution < -0.4 is 9.62 Å². The van der Waals surface area contributed by atoms with Gasteiger partial charge in [-0.1, -0.05) is 40.9 Å². The lowest BCUT2D eigenvalue weighted by molar-refractivity contribution is -0.140. The number of carbonyl (C=O) groups excluding carboxylic acids is 2. The van der Waals surface area contributed by atoms with Crippen molar-refractivity contribution in [3.05, 3.63) is 63.1 Å². The van der Waals surface area contributed by atoms with Crippen LogP contribution in [0, 0.1) is 0 Å². The third kappa shape index (κ3) is 7.77. The van der Waals surface area contributed by atoms with Gasteiger partial charge in [0.15, 0.2) is 0 Å². The Hall–Kier alpha value is -2.00. The molecule has 2 rings (SSSR count). The van der Waals surface area contributed by atoms with Crippen molar-refractivity contribution in [2.45, 2.75) is 45.8 Å². The molecule has 1 N–H and O–H groups in total. The maximum Gasteiger partial charge on any atom is 0.244 e. The van der Waals surface area contributed by atoms with E-state index in [0.717, 1.165) is 10.6 Å². The standard InChI is InChI=1S/C23H28Cl3N3O4S/c1-15(22(31)27-23(2,3)4)28(13-18-19(25)7-6-8-20(18)26)21(30)14-29(34(5,32)33)17-11-9-16(24)10-12-17/h6-12,15H,13-14H2,1-5H3,(H,27,31). The zero-order valence-corrected chi connectivity index (χ0v) is 22.7. The van der Waals surface area contributed by atoms with Gasteiger partial charge in [-0.05, 0) is 64.1 Å². The van der Waals surface area contributed by atoms with E-state index in [9.17, 15) is 18.0 Å². The molecule has 1 atom stereocenters. The third-order valence-corrected chi connectivity index (χ3v) is 6.95. The fourth-order valence-corrected chi connectivity index (χ4v) is 4.62. The Balaban J connectivity index is 2.46. The fraction of sp³-hybridized carbons (Fsp3) is 0.391. The van der Waals surface area contributed by atoms with Gasteiger partial charge in [-0.3, -0.25) is 13.9 Å². The van der Waals surface area contributed by atoms with Crippen molar-refractivity contribution < 1.29 is 18.0 Å². The first kappa shape index (κ1) is 28.2. The fourth-order valence-electron chi connectivity index (χ4n) is 3.13. The van der Waals surface area contributed by atoms with E-state index in [4.69, 9.17) is 34.8 Å². The van der Waals surface area contributed by atoms with Crippen LogP contribution in [0.5, 0.6) is 0 Å². The average Bonchev–Trinajstić information content (AvgIpc) is 2.70. The quantitative estimate of drug-likeness (QED) is 0.516. The SMILES string of the molecule is CC(C(=O)NC(C)(C)C)N(Cc1c(Cl)cccc1Cl)C(=O)CN(c1ccc(Cl)cc1)S(C)(=O)=O. The van der Waals surface area contributed by atoms with Gasteiger partial charge in [0.25, 0.3) is 0 Å². The maximum absolute atomic E-state index is 13.5. The molecule has 0 radical (unpaired) electrons. The van der Waals surface area contributed by atoms with Crippen LogP contribution in [0.25, 0.3) is 0 Å². The Bertz CT molecular complexity index is 1130. The number of amides is 2. The second kappa shape index (κ2) is 11.2. The highest BCUT2D eigenvalue weighted by atomic mass is 35.5. The van der Waals surface area contributed by atoms with Crippen LogP contribution in [0.2, 0.25) is 15.1 Å². The van der Waals surface area contributed by atoms with E-state index < -0.39 is 40.0 Å². The molecule has 0 aromatic heterocycles. The van der Waals surface area contributed by atoms with Crippen LogP contribution >= 0.6 is 34.8 Å². The topological polar surface area (TPSA) is 86.8 Å². The minimum absolute atomic E-state index is 0.0890. The Kier molecular flexibility index (Phi) is 9.27. The van der Waals surface area contributed by atoms with Gasteiger partial charge in [0.05, 0.1) is 11.9 Å². The molecule has 7 nitrogen and oxygen atoms in total. The Morgan fingerprint density at radius 2 is 1.53 bits per heavy atom. The van der Waals surface area contributed by atoms with E-state index in [1.165, 1.54) is 29.2 Å².